The van der Waals surface area contributed by atoms with E-state index in [4.69, 9.17) is 0 Å². The molecule has 8 nitrogen and oxygen atoms in total. The summed E-state index contributed by atoms with van der Waals surface area (Å²) in [6.07, 6.45) is 2.98. The van der Waals surface area contributed by atoms with Crippen LogP contribution >= 0.6 is 0 Å². The molecule has 2 aliphatic heterocycles. The number of sulfonamides is 1. The Morgan fingerprint density at radius 1 is 1.21 bits per heavy atom. The molecular weight excluding hydrogens is 390 g/mol. The van der Waals surface area contributed by atoms with Crippen molar-refractivity contribution in [2.75, 3.05) is 13.1 Å². The van der Waals surface area contributed by atoms with E-state index in [9.17, 15) is 13.2 Å². The van der Waals surface area contributed by atoms with E-state index in [1.165, 1.54) is 6.07 Å². The highest BCUT2D eigenvalue weighted by atomic mass is 32.2. The van der Waals surface area contributed by atoms with Crippen LogP contribution in [0.3, 0.4) is 0 Å². The van der Waals surface area contributed by atoms with Crippen LogP contribution in [0.1, 0.15) is 48.7 Å². The molecule has 0 spiro atoms. The van der Waals surface area contributed by atoms with Gasteiger partial charge in [-0.2, -0.15) is 4.31 Å². The van der Waals surface area contributed by atoms with Crippen LogP contribution in [0.5, 0.6) is 0 Å². The average molecular weight is 418 g/mol. The maximum Gasteiger partial charge on any atom is 0.251 e. The predicted molar refractivity (Wildman–Crippen MR) is 108 cm³/mol. The molecule has 1 fully saturated rings. The number of carbonyl (C=O) groups excluding carboxylic acids is 1. The molecule has 2 atom stereocenters. The number of aromatic nitrogens is 3. The first-order chi connectivity index (χ1) is 13.8. The lowest BCUT2D eigenvalue weighted by atomic mass is 9.94. The second-order valence-electron chi connectivity index (χ2n) is 8.27. The second-order valence-corrected chi connectivity index (χ2v) is 10.2. The summed E-state index contributed by atoms with van der Waals surface area (Å²) in [4.78, 5) is 12.8. The zero-order valence-corrected chi connectivity index (χ0v) is 17.7. The predicted octanol–water partition coefficient (Wildman–Crippen LogP) is 1.82. The first-order valence-corrected chi connectivity index (χ1v) is 11.6. The third-order valence-electron chi connectivity index (χ3n) is 5.66. The standard InChI is InChI=1S/C20H27N5O3S/c1-14-9-15(2)13-24(12-14)29(27,28)17-6-3-5-16(10-17)20(26)21-11-19-23-22-18-7-4-8-25(18)19/h3,5-6,10,14-15H,4,7-9,11-13H2,1-2H3,(H,21,26)/t14-,15-/m1/s1. The van der Waals surface area contributed by atoms with Gasteiger partial charge in [0.15, 0.2) is 5.82 Å². The molecule has 1 aromatic carbocycles. The third-order valence-corrected chi connectivity index (χ3v) is 7.49. The zero-order valence-electron chi connectivity index (χ0n) is 16.8. The van der Waals surface area contributed by atoms with Crippen LogP contribution < -0.4 is 5.32 Å². The molecule has 3 heterocycles. The lowest BCUT2D eigenvalue weighted by Crippen LogP contribution is -2.42. The van der Waals surface area contributed by atoms with Crippen LogP contribution in [-0.2, 0) is 29.5 Å². The van der Waals surface area contributed by atoms with E-state index in [2.05, 4.69) is 29.4 Å². The summed E-state index contributed by atoms with van der Waals surface area (Å²) in [5.74, 6) is 2.01. The Balaban J connectivity index is 1.48. The molecule has 0 unspecified atom stereocenters. The maximum atomic E-state index is 13.1. The van der Waals surface area contributed by atoms with Gasteiger partial charge in [0, 0.05) is 31.6 Å². The van der Waals surface area contributed by atoms with E-state index in [0.29, 0.717) is 30.5 Å². The number of hydrogen-bond donors (Lipinski definition) is 1. The number of piperidine rings is 1. The monoisotopic (exact) mass is 417 g/mol. The molecule has 0 radical (unpaired) electrons. The number of benzene rings is 1. The second kappa shape index (κ2) is 7.87. The number of aryl methyl sites for hydroxylation is 1. The Morgan fingerprint density at radius 3 is 2.72 bits per heavy atom. The quantitative estimate of drug-likeness (QED) is 0.800. The summed E-state index contributed by atoms with van der Waals surface area (Å²) in [7, 11) is -3.62. The van der Waals surface area contributed by atoms with Crippen LogP contribution in [0.25, 0.3) is 0 Å². The van der Waals surface area contributed by atoms with Gasteiger partial charge in [0.25, 0.3) is 5.91 Å². The van der Waals surface area contributed by atoms with Crippen molar-refractivity contribution in [1.29, 1.82) is 0 Å². The molecule has 0 bridgehead atoms. The Morgan fingerprint density at radius 2 is 1.97 bits per heavy atom. The molecule has 0 aliphatic carbocycles. The van der Waals surface area contributed by atoms with Gasteiger partial charge in [-0.1, -0.05) is 19.9 Å². The molecule has 1 amide bonds. The molecule has 1 saturated heterocycles. The highest BCUT2D eigenvalue weighted by Crippen LogP contribution is 2.27. The molecule has 29 heavy (non-hydrogen) atoms. The van der Waals surface area contributed by atoms with Crippen LogP contribution in [0.15, 0.2) is 29.2 Å². The van der Waals surface area contributed by atoms with Crippen molar-refractivity contribution in [3.8, 4) is 0 Å². The lowest BCUT2D eigenvalue weighted by molar-refractivity contribution is 0.0949. The summed E-state index contributed by atoms with van der Waals surface area (Å²) in [5, 5.41) is 11.1. The van der Waals surface area contributed by atoms with Gasteiger partial charge >= 0.3 is 0 Å². The van der Waals surface area contributed by atoms with Crippen molar-refractivity contribution in [3.05, 3.63) is 41.5 Å². The number of nitrogens with zero attached hydrogens (tertiary/aromatic N) is 4. The molecule has 4 rings (SSSR count). The first kappa shape index (κ1) is 20.0. The van der Waals surface area contributed by atoms with E-state index in [0.717, 1.165) is 37.5 Å². The maximum absolute atomic E-state index is 13.1. The molecule has 1 aromatic heterocycles. The molecule has 1 N–H and O–H groups in total. The summed E-state index contributed by atoms with van der Waals surface area (Å²) in [6, 6.07) is 6.27. The van der Waals surface area contributed by atoms with E-state index in [1.54, 1.807) is 22.5 Å². The van der Waals surface area contributed by atoms with Gasteiger partial charge in [-0.15, -0.1) is 10.2 Å². The highest BCUT2D eigenvalue weighted by Gasteiger charge is 2.32. The largest absolute Gasteiger partial charge is 0.345 e. The van der Waals surface area contributed by atoms with Gasteiger partial charge in [-0.25, -0.2) is 8.42 Å². The van der Waals surface area contributed by atoms with Crippen molar-refractivity contribution < 1.29 is 13.2 Å². The van der Waals surface area contributed by atoms with Crippen LogP contribution in [0.2, 0.25) is 0 Å². The van der Waals surface area contributed by atoms with Crippen LogP contribution in [0, 0.1) is 11.8 Å². The Labute approximate surface area is 171 Å². The molecule has 2 aromatic rings. The first-order valence-electron chi connectivity index (χ1n) is 10.1. The molecule has 156 valence electrons. The fourth-order valence-electron chi connectivity index (χ4n) is 4.35. The van der Waals surface area contributed by atoms with Crippen molar-refractivity contribution >= 4 is 15.9 Å². The fourth-order valence-corrected chi connectivity index (χ4v) is 6.08. The number of carbonyl (C=O) groups is 1. The SMILES string of the molecule is C[C@@H]1C[C@@H](C)CN(S(=O)(=O)c2cccc(C(=O)NCc3nnc4n3CCC4)c2)C1. The number of hydrogen-bond acceptors (Lipinski definition) is 5. The Hall–Kier alpha value is -2.26. The fraction of sp³-hybridized carbons (Fsp3) is 0.550. The Kier molecular flexibility index (Phi) is 5.44. The molecular formula is C20H27N5O3S. The van der Waals surface area contributed by atoms with Gasteiger partial charge in [-0.3, -0.25) is 4.79 Å². The van der Waals surface area contributed by atoms with Gasteiger partial charge in [-0.05, 0) is 42.9 Å². The minimum absolute atomic E-state index is 0.162. The Bertz CT molecular complexity index is 1010. The number of nitrogens with one attached hydrogen (secondary N) is 1. The van der Waals surface area contributed by atoms with Crippen LogP contribution in [0.4, 0.5) is 0 Å². The number of amides is 1. The zero-order chi connectivity index (χ0) is 20.6. The van der Waals surface area contributed by atoms with Gasteiger partial charge in [0.05, 0.1) is 11.4 Å². The topological polar surface area (TPSA) is 97.2 Å². The van der Waals surface area contributed by atoms with Gasteiger partial charge in [0.1, 0.15) is 5.82 Å². The number of fused-ring (bicyclic) bond motifs is 1. The van der Waals surface area contributed by atoms with Gasteiger partial charge in [0.2, 0.25) is 10.0 Å². The van der Waals surface area contributed by atoms with E-state index in [-0.39, 0.29) is 17.3 Å². The van der Waals surface area contributed by atoms with E-state index in [1.807, 2.05) is 4.57 Å². The van der Waals surface area contributed by atoms with Crippen molar-refractivity contribution in [3.63, 3.8) is 0 Å². The average Bonchev–Trinajstić information content (AvgIpc) is 3.29. The summed E-state index contributed by atoms with van der Waals surface area (Å²) in [6.45, 7) is 6.31. The van der Waals surface area contributed by atoms with Crippen molar-refractivity contribution in [1.82, 2.24) is 24.4 Å². The normalized spacial score (nSPS) is 22.4. The van der Waals surface area contributed by atoms with Crippen molar-refractivity contribution in [2.45, 2.75) is 51.1 Å². The molecule has 2 aliphatic rings. The highest BCUT2D eigenvalue weighted by molar-refractivity contribution is 7.89. The van der Waals surface area contributed by atoms with E-state index >= 15 is 0 Å². The molecule has 0 saturated carbocycles. The molecule has 9 heteroatoms. The van der Waals surface area contributed by atoms with Crippen LogP contribution in [-0.4, -0.2) is 46.5 Å². The minimum Gasteiger partial charge on any atom is -0.345 e. The minimum atomic E-state index is -3.62. The lowest BCUT2D eigenvalue weighted by Gasteiger charge is -2.34. The summed E-state index contributed by atoms with van der Waals surface area (Å²) in [5.41, 5.74) is 0.324. The third kappa shape index (κ3) is 4.06. The summed E-state index contributed by atoms with van der Waals surface area (Å²) < 4.78 is 29.8. The number of rotatable bonds is 5. The van der Waals surface area contributed by atoms with Crippen molar-refractivity contribution in [2.24, 2.45) is 11.8 Å². The van der Waals surface area contributed by atoms with Gasteiger partial charge < -0.3 is 9.88 Å². The smallest absolute Gasteiger partial charge is 0.251 e. The van der Waals surface area contributed by atoms with E-state index < -0.39 is 10.0 Å². The summed E-state index contributed by atoms with van der Waals surface area (Å²) >= 11 is 0.